The molecule has 0 radical (unpaired) electrons. The van der Waals surface area contributed by atoms with Gasteiger partial charge in [0.25, 0.3) is 0 Å². The number of hydrogen-bond donors (Lipinski definition) is 0. The Morgan fingerprint density at radius 1 is 0.318 bits per heavy atom. The minimum absolute atomic E-state index is 0.424. The van der Waals surface area contributed by atoms with Crippen LogP contribution >= 0.6 is 47.0 Å². The Balaban J connectivity index is -0.000000361. The van der Waals surface area contributed by atoms with Gasteiger partial charge in [-0.3, -0.25) is 0 Å². The van der Waals surface area contributed by atoms with E-state index in [1.54, 1.807) is 47.0 Å². The molecule has 8 nitrogen and oxygen atoms in total. The van der Waals surface area contributed by atoms with E-state index in [0.717, 1.165) is 39.1 Å². The van der Waals surface area contributed by atoms with Crippen molar-refractivity contribution in [3.63, 3.8) is 0 Å². The first kappa shape index (κ1) is 54.5. The first-order chi connectivity index (χ1) is 21.4. The van der Waals surface area contributed by atoms with Gasteiger partial charge in [-0.1, -0.05) is 20.8 Å². The summed E-state index contributed by atoms with van der Waals surface area (Å²) in [6, 6.07) is 0. The van der Waals surface area contributed by atoms with Crippen molar-refractivity contribution in [1.82, 2.24) is 0 Å². The van der Waals surface area contributed by atoms with Crippen LogP contribution in [-0.2, 0) is 37.9 Å². The van der Waals surface area contributed by atoms with Gasteiger partial charge in [0, 0.05) is 26.4 Å². The zero-order valence-corrected chi connectivity index (χ0v) is 34.1. The molecule has 0 aromatic heterocycles. The highest BCUT2D eigenvalue weighted by molar-refractivity contribution is 7.98. The average Bonchev–Trinajstić information content (AvgIpc) is 3.00. The van der Waals surface area contributed by atoms with E-state index < -0.39 is 5.41 Å². The van der Waals surface area contributed by atoms with E-state index in [9.17, 15) is 0 Å². The summed E-state index contributed by atoms with van der Waals surface area (Å²) in [5.41, 5.74) is -0.424. The topological polar surface area (TPSA) is 73.8 Å². The fraction of sp³-hybridized carbons (Fsp3) is 1.00. The Hall–Kier alpha value is 1.08. The van der Waals surface area contributed by atoms with E-state index in [1.807, 2.05) is 57.0 Å². The highest BCUT2D eigenvalue weighted by atomic mass is 32.2. The predicted molar refractivity (Wildman–Crippen MR) is 203 cm³/mol. The van der Waals surface area contributed by atoms with Crippen LogP contribution in [-0.4, -0.2) is 156 Å². The molecule has 0 spiro atoms. The van der Waals surface area contributed by atoms with Crippen molar-refractivity contribution in [2.24, 2.45) is 5.41 Å². The fourth-order valence-electron chi connectivity index (χ4n) is 2.76. The molecule has 0 saturated carbocycles. The van der Waals surface area contributed by atoms with Gasteiger partial charge in [0.05, 0.1) is 84.7 Å². The predicted octanol–water partition coefficient (Wildman–Crippen LogP) is 7.27. The molecule has 0 bridgehead atoms. The van der Waals surface area contributed by atoms with Gasteiger partial charge < -0.3 is 37.9 Å². The largest absolute Gasteiger partial charge is 0.379 e. The molecule has 0 aliphatic rings. The van der Waals surface area contributed by atoms with Crippen molar-refractivity contribution in [3.8, 4) is 0 Å². The van der Waals surface area contributed by atoms with E-state index in [1.165, 1.54) is 0 Å². The quantitative estimate of drug-likeness (QED) is 0.0804. The summed E-state index contributed by atoms with van der Waals surface area (Å²) in [5, 5.41) is 0. The van der Waals surface area contributed by atoms with Crippen LogP contribution in [0, 0.1) is 5.41 Å². The second-order valence-electron chi connectivity index (χ2n) is 9.38. The van der Waals surface area contributed by atoms with Gasteiger partial charge in [-0.25, -0.2) is 0 Å². The summed E-state index contributed by atoms with van der Waals surface area (Å²) in [6.45, 7) is 17.4. The van der Waals surface area contributed by atoms with Gasteiger partial charge in [-0.2, -0.15) is 47.0 Å². The zero-order chi connectivity index (χ0) is 34.4. The highest BCUT2D eigenvalue weighted by Crippen LogP contribution is 2.21. The Bertz CT molecular complexity index is 383. The smallest absolute Gasteiger partial charge is 0.0700 e. The van der Waals surface area contributed by atoms with E-state index in [2.05, 4.69) is 20.8 Å². The summed E-state index contributed by atoms with van der Waals surface area (Å²) in [7, 11) is 0. The minimum atomic E-state index is -0.424. The number of ether oxygens (including phenoxy) is 8. The minimum Gasteiger partial charge on any atom is -0.379 e. The van der Waals surface area contributed by atoms with Gasteiger partial charge in [0.1, 0.15) is 0 Å². The maximum atomic E-state index is 5.96. The Morgan fingerprint density at radius 2 is 0.523 bits per heavy atom. The molecule has 0 saturated heterocycles. The molecule has 12 heteroatoms. The SMILES string of the molecule is CCCOCCOCC(COCCOCC)(COCCOCCC)COCCOCCC.CSC.CSC.CSC.CSC. The second-order valence-corrected chi connectivity index (χ2v) is 12.6. The summed E-state index contributed by atoms with van der Waals surface area (Å²) >= 11 is 7.00. The Kier molecular flexibility index (Phi) is 69.9. The maximum absolute atomic E-state index is 5.96. The molecular weight excluding hydrogens is 641 g/mol. The monoisotopic (exact) mass is 714 g/mol. The molecule has 0 fully saturated rings. The van der Waals surface area contributed by atoms with Crippen LogP contribution in [0.15, 0.2) is 0 Å². The van der Waals surface area contributed by atoms with Gasteiger partial charge in [-0.05, 0) is 76.2 Å². The van der Waals surface area contributed by atoms with Gasteiger partial charge in [-0.15, -0.1) is 0 Å². The molecule has 0 N–H and O–H groups in total. The van der Waals surface area contributed by atoms with Crippen molar-refractivity contribution in [3.05, 3.63) is 0 Å². The van der Waals surface area contributed by atoms with Gasteiger partial charge in [0.2, 0.25) is 0 Å². The van der Waals surface area contributed by atoms with E-state index in [4.69, 9.17) is 37.9 Å². The molecule has 0 amide bonds. The zero-order valence-electron chi connectivity index (χ0n) is 30.8. The molecule has 0 rings (SSSR count). The third-order valence-corrected chi connectivity index (χ3v) is 4.37. The first-order valence-corrected chi connectivity index (χ1v) is 22.2. The number of thioether (sulfide) groups is 4. The van der Waals surface area contributed by atoms with Crippen molar-refractivity contribution in [1.29, 1.82) is 0 Å². The van der Waals surface area contributed by atoms with Crippen LogP contribution in [0.25, 0.3) is 0 Å². The van der Waals surface area contributed by atoms with Crippen molar-refractivity contribution >= 4 is 47.0 Å². The van der Waals surface area contributed by atoms with Crippen molar-refractivity contribution in [2.75, 3.05) is 156 Å². The van der Waals surface area contributed by atoms with E-state index in [-0.39, 0.29) is 0 Å². The standard InChI is InChI=1S/C24H50O8.4C2H6S/c1-5-9-26-13-17-30-21-24(20-29-16-12-25-8-4,22-31-18-14-27-10-6-2)23-32-19-15-28-11-7-3;4*1-3-2/h5-23H2,1-4H3;4*1-2H3. The molecule has 0 aromatic rings. The number of rotatable bonds is 27. The fourth-order valence-corrected chi connectivity index (χ4v) is 2.76. The van der Waals surface area contributed by atoms with Crippen molar-refractivity contribution in [2.45, 2.75) is 47.0 Å². The van der Waals surface area contributed by atoms with Gasteiger partial charge in [0.15, 0.2) is 0 Å². The lowest BCUT2D eigenvalue weighted by atomic mass is 9.92. The molecule has 0 atom stereocenters. The van der Waals surface area contributed by atoms with Crippen LogP contribution in [0.5, 0.6) is 0 Å². The lowest BCUT2D eigenvalue weighted by molar-refractivity contribution is -0.121. The average molecular weight is 715 g/mol. The molecule has 0 aliphatic heterocycles. The first-order valence-electron chi connectivity index (χ1n) is 15.6. The Labute approximate surface area is 291 Å². The molecule has 0 unspecified atom stereocenters. The van der Waals surface area contributed by atoms with Crippen molar-refractivity contribution < 1.29 is 37.9 Å². The normalized spacial score (nSPS) is 10.4. The van der Waals surface area contributed by atoms with Crippen LogP contribution in [0.4, 0.5) is 0 Å². The summed E-state index contributed by atoms with van der Waals surface area (Å²) in [6.07, 6.45) is 19.3. The highest BCUT2D eigenvalue weighted by Gasteiger charge is 2.32. The van der Waals surface area contributed by atoms with Crippen LogP contribution < -0.4 is 0 Å². The van der Waals surface area contributed by atoms with E-state index >= 15 is 0 Å². The third-order valence-electron chi connectivity index (χ3n) is 4.37. The molecule has 0 heterocycles. The lowest BCUT2D eigenvalue weighted by Gasteiger charge is -2.33. The molecule has 44 heavy (non-hydrogen) atoms. The maximum Gasteiger partial charge on any atom is 0.0700 e. The Morgan fingerprint density at radius 3 is 0.727 bits per heavy atom. The summed E-state index contributed by atoms with van der Waals surface area (Å²) in [5.74, 6) is 0. The lowest BCUT2D eigenvalue weighted by Crippen LogP contribution is -2.42. The van der Waals surface area contributed by atoms with Crippen LogP contribution in [0.2, 0.25) is 0 Å². The summed E-state index contributed by atoms with van der Waals surface area (Å²) in [4.78, 5) is 0. The number of hydrogen-bond acceptors (Lipinski definition) is 12. The van der Waals surface area contributed by atoms with E-state index in [0.29, 0.717) is 85.9 Å². The molecule has 0 aromatic carbocycles. The molecular formula is C32H74O8S4. The van der Waals surface area contributed by atoms with Crippen LogP contribution in [0.3, 0.4) is 0 Å². The van der Waals surface area contributed by atoms with Gasteiger partial charge >= 0.3 is 0 Å². The summed E-state index contributed by atoms with van der Waals surface area (Å²) < 4.78 is 45.8. The molecule has 274 valence electrons. The third kappa shape index (κ3) is 58.6. The van der Waals surface area contributed by atoms with Crippen LogP contribution in [0.1, 0.15) is 47.0 Å². The second kappa shape index (κ2) is 56.4. The molecule has 0 aliphatic carbocycles.